The van der Waals surface area contributed by atoms with Gasteiger partial charge in [-0.3, -0.25) is 0 Å². The van der Waals surface area contributed by atoms with E-state index in [9.17, 15) is 4.39 Å². The van der Waals surface area contributed by atoms with Crippen LogP contribution in [0.2, 0.25) is 0 Å². The second-order valence-electron chi connectivity index (χ2n) is 3.25. The van der Waals surface area contributed by atoms with E-state index in [1.165, 1.54) is 12.3 Å². The standard InChI is InChI=1S/C10H15FN2OS/c1-7(9(6-14)15-2)13-10-4-3-8(11)5-12-10/h3-5,7,9,14H,6H2,1-2H3,(H,12,13). The molecule has 2 atom stereocenters. The molecule has 84 valence electrons. The molecule has 1 aromatic rings. The molecule has 2 unspecified atom stereocenters. The summed E-state index contributed by atoms with van der Waals surface area (Å²) in [6.07, 6.45) is 3.11. The van der Waals surface area contributed by atoms with Crippen molar-refractivity contribution in [2.45, 2.75) is 18.2 Å². The normalized spacial score (nSPS) is 14.7. The second-order valence-corrected chi connectivity index (χ2v) is 4.33. The lowest BCUT2D eigenvalue weighted by Gasteiger charge is -2.21. The van der Waals surface area contributed by atoms with Gasteiger partial charge in [0.2, 0.25) is 0 Å². The highest BCUT2D eigenvalue weighted by atomic mass is 32.2. The zero-order valence-corrected chi connectivity index (χ0v) is 9.59. The van der Waals surface area contributed by atoms with Crippen LogP contribution in [0.3, 0.4) is 0 Å². The maximum absolute atomic E-state index is 12.6. The monoisotopic (exact) mass is 230 g/mol. The van der Waals surface area contributed by atoms with Crippen LogP contribution in [0, 0.1) is 5.82 Å². The van der Waals surface area contributed by atoms with Gasteiger partial charge in [-0.1, -0.05) is 0 Å². The number of hydrogen-bond acceptors (Lipinski definition) is 4. The van der Waals surface area contributed by atoms with Crippen molar-refractivity contribution in [1.29, 1.82) is 0 Å². The van der Waals surface area contributed by atoms with Gasteiger partial charge in [0.05, 0.1) is 12.8 Å². The lowest BCUT2D eigenvalue weighted by Crippen LogP contribution is -2.31. The van der Waals surface area contributed by atoms with Crippen molar-refractivity contribution in [3.63, 3.8) is 0 Å². The fraction of sp³-hybridized carbons (Fsp3) is 0.500. The Morgan fingerprint density at radius 3 is 2.80 bits per heavy atom. The van der Waals surface area contributed by atoms with E-state index >= 15 is 0 Å². The first-order chi connectivity index (χ1) is 7.17. The highest BCUT2D eigenvalue weighted by Gasteiger charge is 2.14. The van der Waals surface area contributed by atoms with Crippen molar-refractivity contribution in [3.05, 3.63) is 24.1 Å². The largest absolute Gasteiger partial charge is 0.395 e. The van der Waals surface area contributed by atoms with Crippen LogP contribution in [0.4, 0.5) is 10.2 Å². The van der Waals surface area contributed by atoms with Crippen LogP contribution in [0.1, 0.15) is 6.92 Å². The van der Waals surface area contributed by atoms with Crippen LogP contribution in [0.15, 0.2) is 18.3 Å². The number of rotatable bonds is 5. The Morgan fingerprint density at radius 2 is 2.33 bits per heavy atom. The fourth-order valence-electron chi connectivity index (χ4n) is 1.22. The van der Waals surface area contributed by atoms with Gasteiger partial charge in [0, 0.05) is 11.3 Å². The molecule has 3 nitrogen and oxygen atoms in total. The molecule has 0 aromatic carbocycles. The van der Waals surface area contributed by atoms with Crippen LogP contribution in [0.25, 0.3) is 0 Å². The topological polar surface area (TPSA) is 45.1 Å². The molecule has 0 spiro atoms. The van der Waals surface area contributed by atoms with Crippen LogP contribution in [-0.2, 0) is 0 Å². The molecule has 0 saturated heterocycles. The summed E-state index contributed by atoms with van der Waals surface area (Å²) in [7, 11) is 0. The van der Waals surface area contributed by atoms with Gasteiger partial charge in [0.1, 0.15) is 11.6 Å². The van der Waals surface area contributed by atoms with Crippen molar-refractivity contribution < 1.29 is 9.50 Å². The van der Waals surface area contributed by atoms with Gasteiger partial charge in [-0.25, -0.2) is 9.37 Å². The van der Waals surface area contributed by atoms with Gasteiger partial charge in [0.25, 0.3) is 0 Å². The molecule has 0 aliphatic carbocycles. The number of aromatic nitrogens is 1. The molecule has 0 saturated carbocycles. The molecule has 15 heavy (non-hydrogen) atoms. The number of nitrogens with zero attached hydrogens (tertiary/aromatic N) is 1. The average Bonchev–Trinajstić information content (AvgIpc) is 2.23. The highest BCUT2D eigenvalue weighted by molar-refractivity contribution is 7.99. The van der Waals surface area contributed by atoms with Crippen molar-refractivity contribution in [1.82, 2.24) is 4.98 Å². The number of hydrogen-bond donors (Lipinski definition) is 2. The third-order valence-electron chi connectivity index (χ3n) is 2.14. The summed E-state index contributed by atoms with van der Waals surface area (Å²) in [6, 6.07) is 3.03. The molecule has 0 aliphatic heterocycles. The van der Waals surface area contributed by atoms with E-state index in [0.29, 0.717) is 5.82 Å². The first-order valence-corrected chi connectivity index (χ1v) is 5.98. The quantitative estimate of drug-likeness (QED) is 0.809. The van der Waals surface area contributed by atoms with Gasteiger partial charge < -0.3 is 10.4 Å². The average molecular weight is 230 g/mol. The molecule has 1 aromatic heterocycles. The Hall–Kier alpha value is -0.810. The van der Waals surface area contributed by atoms with E-state index in [4.69, 9.17) is 5.11 Å². The predicted molar refractivity (Wildman–Crippen MR) is 61.7 cm³/mol. The Morgan fingerprint density at radius 1 is 1.60 bits per heavy atom. The van der Waals surface area contributed by atoms with E-state index in [1.54, 1.807) is 17.8 Å². The lowest BCUT2D eigenvalue weighted by molar-refractivity contribution is 0.288. The van der Waals surface area contributed by atoms with E-state index in [2.05, 4.69) is 10.3 Å². The summed E-state index contributed by atoms with van der Waals surface area (Å²) in [6.45, 7) is 2.07. The zero-order valence-electron chi connectivity index (χ0n) is 8.77. The van der Waals surface area contributed by atoms with Crippen LogP contribution >= 0.6 is 11.8 Å². The maximum atomic E-state index is 12.6. The molecule has 0 bridgehead atoms. The molecule has 5 heteroatoms. The molecule has 1 heterocycles. The highest BCUT2D eigenvalue weighted by Crippen LogP contribution is 2.14. The number of halogens is 1. The molecule has 0 amide bonds. The van der Waals surface area contributed by atoms with E-state index in [-0.39, 0.29) is 23.7 Å². The third kappa shape index (κ3) is 3.68. The van der Waals surface area contributed by atoms with Crippen LogP contribution in [0.5, 0.6) is 0 Å². The lowest BCUT2D eigenvalue weighted by atomic mass is 10.2. The summed E-state index contributed by atoms with van der Waals surface area (Å²) >= 11 is 1.59. The third-order valence-corrected chi connectivity index (χ3v) is 3.31. The maximum Gasteiger partial charge on any atom is 0.141 e. The fourth-order valence-corrected chi connectivity index (χ4v) is 1.85. The van der Waals surface area contributed by atoms with Crippen LogP contribution < -0.4 is 5.32 Å². The van der Waals surface area contributed by atoms with E-state index in [1.807, 2.05) is 13.2 Å². The molecule has 2 N–H and O–H groups in total. The Kier molecular flexibility index (Phi) is 4.84. The first kappa shape index (κ1) is 12.3. The molecular formula is C10H15FN2OS. The first-order valence-electron chi connectivity index (χ1n) is 4.69. The van der Waals surface area contributed by atoms with Crippen molar-refractivity contribution >= 4 is 17.6 Å². The molecule has 0 fully saturated rings. The summed E-state index contributed by atoms with van der Waals surface area (Å²) in [4.78, 5) is 3.89. The SMILES string of the molecule is CSC(CO)C(C)Nc1ccc(F)cn1. The van der Waals surface area contributed by atoms with Gasteiger partial charge in [-0.15, -0.1) is 0 Å². The minimum atomic E-state index is -0.350. The van der Waals surface area contributed by atoms with E-state index in [0.717, 1.165) is 0 Å². The van der Waals surface area contributed by atoms with Gasteiger partial charge >= 0.3 is 0 Å². The van der Waals surface area contributed by atoms with Crippen molar-refractivity contribution in [2.75, 3.05) is 18.2 Å². The van der Waals surface area contributed by atoms with E-state index < -0.39 is 0 Å². The van der Waals surface area contributed by atoms with Gasteiger partial charge in [-0.2, -0.15) is 11.8 Å². The molecule has 1 rings (SSSR count). The van der Waals surface area contributed by atoms with Crippen LogP contribution in [-0.4, -0.2) is 34.2 Å². The van der Waals surface area contributed by atoms with Crippen molar-refractivity contribution in [2.24, 2.45) is 0 Å². The molecular weight excluding hydrogens is 215 g/mol. The number of aliphatic hydroxyl groups is 1. The summed E-state index contributed by atoms with van der Waals surface area (Å²) < 4.78 is 12.6. The summed E-state index contributed by atoms with van der Waals surface area (Å²) in [5.74, 6) is 0.271. The minimum Gasteiger partial charge on any atom is -0.395 e. The number of anilines is 1. The minimum absolute atomic E-state index is 0.0861. The molecule has 0 radical (unpaired) electrons. The number of pyridine rings is 1. The molecule has 0 aliphatic rings. The number of thioether (sulfide) groups is 1. The number of aliphatic hydroxyl groups excluding tert-OH is 1. The number of nitrogens with one attached hydrogen (secondary N) is 1. The smallest absolute Gasteiger partial charge is 0.141 e. The zero-order chi connectivity index (χ0) is 11.3. The van der Waals surface area contributed by atoms with Crippen molar-refractivity contribution in [3.8, 4) is 0 Å². The van der Waals surface area contributed by atoms with Gasteiger partial charge in [-0.05, 0) is 25.3 Å². The summed E-state index contributed by atoms with van der Waals surface area (Å²) in [5.41, 5.74) is 0. The Bertz CT molecular complexity index is 290. The predicted octanol–water partition coefficient (Wildman–Crippen LogP) is 1.74. The Balaban J connectivity index is 2.57. The Labute approximate surface area is 93.1 Å². The summed E-state index contributed by atoms with van der Waals surface area (Å²) in [5, 5.41) is 12.3. The second kappa shape index (κ2) is 5.92. The van der Waals surface area contributed by atoms with Gasteiger partial charge in [0.15, 0.2) is 0 Å².